The number of benzene rings is 1. The maximum Gasteiger partial charge on any atom is 0.142 e. The molecule has 15 heavy (non-hydrogen) atoms. The first-order valence-electron chi connectivity index (χ1n) is 5.63. The molecule has 2 aliphatic rings. The van der Waals surface area contributed by atoms with Crippen LogP contribution in [0.5, 0.6) is 0 Å². The quantitative estimate of drug-likeness (QED) is 0.642. The third-order valence-corrected chi connectivity index (χ3v) is 3.80. The van der Waals surface area contributed by atoms with Gasteiger partial charge in [0.1, 0.15) is 5.78 Å². The Morgan fingerprint density at radius 1 is 1.33 bits per heavy atom. The fourth-order valence-electron chi connectivity index (χ4n) is 3.07. The molecule has 0 spiro atoms. The number of carbonyl (C=O) groups excluding carboxylic acids is 1. The molecule has 1 aliphatic heterocycles. The van der Waals surface area contributed by atoms with E-state index in [0.29, 0.717) is 11.8 Å². The van der Waals surface area contributed by atoms with E-state index >= 15 is 0 Å². The van der Waals surface area contributed by atoms with Gasteiger partial charge in [-0.15, -0.1) is 0 Å². The van der Waals surface area contributed by atoms with Crippen LogP contribution >= 0.6 is 0 Å². The number of hydrogen-bond acceptors (Lipinski definition) is 2. The van der Waals surface area contributed by atoms with Crippen molar-refractivity contribution in [3.05, 3.63) is 29.8 Å². The minimum atomic E-state index is 0.153. The number of ketones is 1. The summed E-state index contributed by atoms with van der Waals surface area (Å²) in [5.74, 6) is 0.586. The summed E-state index contributed by atoms with van der Waals surface area (Å²) >= 11 is 0. The van der Waals surface area contributed by atoms with Crippen molar-refractivity contribution >= 4 is 11.5 Å². The van der Waals surface area contributed by atoms with Crippen molar-refractivity contribution in [3.8, 4) is 0 Å². The molecule has 1 aromatic carbocycles. The van der Waals surface area contributed by atoms with E-state index in [-0.39, 0.29) is 5.92 Å². The predicted octanol–water partition coefficient (Wildman–Crippen LogP) is 2.34. The Balaban J connectivity index is 2.12. The highest BCUT2D eigenvalue weighted by Gasteiger charge is 2.42. The predicted molar refractivity (Wildman–Crippen MR) is 60.2 cm³/mol. The summed E-state index contributed by atoms with van der Waals surface area (Å²) in [5, 5.41) is 0. The summed E-state index contributed by atoms with van der Waals surface area (Å²) in [6.07, 6.45) is 2.98. The van der Waals surface area contributed by atoms with Crippen molar-refractivity contribution in [2.45, 2.75) is 31.2 Å². The zero-order chi connectivity index (χ0) is 10.4. The normalized spacial score (nSPS) is 28.9. The Bertz CT molecular complexity index is 413. The topological polar surface area (TPSA) is 20.3 Å². The van der Waals surface area contributed by atoms with Crippen LogP contribution in [0.4, 0.5) is 5.69 Å². The molecule has 1 heterocycles. The Kier molecular flexibility index (Phi) is 1.84. The lowest BCUT2D eigenvalue weighted by molar-refractivity contribution is -0.122. The fraction of sp³-hybridized carbons (Fsp3) is 0.462. The zero-order valence-electron chi connectivity index (χ0n) is 8.94. The molecule has 2 heteroatoms. The highest BCUT2D eigenvalue weighted by molar-refractivity contribution is 5.91. The Morgan fingerprint density at radius 3 is 3.00 bits per heavy atom. The van der Waals surface area contributed by atoms with Gasteiger partial charge in [0.05, 0.1) is 5.92 Å². The first-order chi connectivity index (χ1) is 7.29. The molecular weight excluding hydrogens is 186 g/mol. The average Bonchev–Trinajstić information content (AvgIpc) is 2.55. The maximum absolute atomic E-state index is 12.0. The van der Waals surface area contributed by atoms with E-state index in [2.05, 4.69) is 30.1 Å². The van der Waals surface area contributed by atoms with Crippen LogP contribution in [-0.2, 0) is 4.79 Å². The van der Waals surface area contributed by atoms with E-state index in [1.165, 1.54) is 11.3 Å². The lowest BCUT2D eigenvalue weighted by Crippen LogP contribution is -2.36. The van der Waals surface area contributed by atoms with Crippen molar-refractivity contribution in [1.29, 1.82) is 0 Å². The SMILES string of the molecule is CN1c2ccccc2[C@H]2C(=O)CCC[C@@H]21. The highest BCUT2D eigenvalue weighted by atomic mass is 16.1. The molecule has 0 bridgehead atoms. The Hall–Kier alpha value is -1.31. The second-order valence-electron chi connectivity index (χ2n) is 4.57. The monoisotopic (exact) mass is 201 g/mol. The third-order valence-electron chi connectivity index (χ3n) is 3.80. The third kappa shape index (κ3) is 1.14. The number of Topliss-reactive ketones (excluding diaryl/α,β-unsaturated/α-hetero) is 1. The first kappa shape index (κ1) is 8.96. The van der Waals surface area contributed by atoms with E-state index in [1.807, 2.05) is 6.07 Å². The maximum atomic E-state index is 12.0. The summed E-state index contributed by atoms with van der Waals surface area (Å²) in [6, 6.07) is 8.75. The average molecular weight is 201 g/mol. The second-order valence-corrected chi connectivity index (χ2v) is 4.57. The molecule has 1 aromatic rings. The van der Waals surface area contributed by atoms with E-state index in [4.69, 9.17) is 0 Å². The van der Waals surface area contributed by atoms with Gasteiger partial charge in [-0.3, -0.25) is 4.79 Å². The second kappa shape index (κ2) is 3.09. The van der Waals surface area contributed by atoms with Crippen molar-refractivity contribution < 1.29 is 4.79 Å². The van der Waals surface area contributed by atoms with Gasteiger partial charge in [0, 0.05) is 25.2 Å². The van der Waals surface area contributed by atoms with Crippen LogP contribution in [0.25, 0.3) is 0 Å². The van der Waals surface area contributed by atoms with Gasteiger partial charge >= 0.3 is 0 Å². The molecule has 0 radical (unpaired) electrons. The lowest BCUT2D eigenvalue weighted by Gasteiger charge is -2.29. The van der Waals surface area contributed by atoms with E-state index in [9.17, 15) is 4.79 Å². The van der Waals surface area contributed by atoms with Crippen LogP contribution in [0.3, 0.4) is 0 Å². The molecule has 1 saturated carbocycles. The fourth-order valence-corrected chi connectivity index (χ4v) is 3.07. The summed E-state index contributed by atoms with van der Waals surface area (Å²) in [4.78, 5) is 14.2. The smallest absolute Gasteiger partial charge is 0.142 e. The van der Waals surface area contributed by atoms with Crippen molar-refractivity contribution in [2.75, 3.05) is 11.9 Å². The number of anilines is 1. The van der Waals surface area contributed by atoms with Gasteiger partial charge in [0.25, 0.3) is 0 Å². The van der Waals surface area contributed by atoms with Crippen molar-refractivity contribution in [2.24, 2.45) is 0 Å². The van der Waals surface area contributed by atoms with Gasteiger partial charge in [-0.1, -0.05) is 18.2 Å². The number of carbonyl (C=O) groups is 1. The summed E-state index contributed by atoms with van der Waals surface area (Å²) < 4.78 is 0. The largest absolute Gasteiger partial charge is 0.370 e. The minimum Gasteiger partial charge on any atom is -0.370 e. The number of fused-ring (bicyclic) bond motifs is 3. The van der Waals surface area contributed by atoms with Crippen LogP contribution in [0.1, 0.15) is 30.7 Å². The van der Waals surface area contributed by atoms with Crippen LogP contribution in [0.15, 0.2) is 24.3 Å². The molecule has 1 aliphatic carbocycles. The molecule has 78 valence electrons. The summed E-state index contributed by atoms with van der Waals surface area (Å²) in [7, 11) is 2.11. The Labute approximate surface area is 89.9 Å². The van der Waals surface area contributed by atoms with Crippen LogP contribution in [-0.4, -0.2) is 18.9 Å². The zero-order valence-corrected chi connectivity index (χ0v) is 8.94. The van der Waals surface area contributed by atoms with Crippen LogP contribution < -0.4 is 4.90 Å². The van der Waals surface area contributed by atoms with E-state index in [0.717, 1.165) is 19.3 Å². The van der Waals surface area contributed by atoms with Crippen molar-refractivity contribution in [1.82, 2.24) is 0 Å². The molecule has 0 aromatic heterocycles. The molecule has 2 atom stereocenters. The molecule has 0 N–H and O–H groups in total. The van der Waals surface area contributed by atoms with Gasteiger partial charge in [-0.25, -0.2) is 0 Å². The van der Waals surface area contributed by atoms with E-state index in [1.54, 1.807) is 0 Å². The summed E-state index contributed by atoms with van der Waals surface area (Å²) in [5.41, 5.74) is 2.50. The molecule has 0 unspecified atom stereocenters. The molecule has 3 rings (SSSR count). The van der Waals surface area contributed by atoms with Crippen LogP contribution in [0.2, 0.25) is 0 Å². The highest BCUT2D eigenvalue weighted by Crippen LogP contribution is 2.44. The number of para-hydroxylation sites is 1. The van der Waals surface area contributed by atoms with E-state index < -0.39 is 0 Å². The molecule has 1 fully saturated rings. The molecule has 2 nitrogen and oxygen atoms in total. The van der Waals surface area contributed by atoms with Crippen LogP contribution in [0, 0.1) is 0 Å². The molecule has 0 saturated heterocycles. The first-order valence-corrected chi connectivity index (χ1v) is 5.63. The molecule has 0 amide bonds. The van der Waals surface area contributed by atoms with Gasteiger partial charge in [-0.2, -0.15) is 0 Å². The van der Waals surface area contributed by atoms with Crippen molar-refractivity contribution in [3.63, 3.8) is 0 Å². The summed E-state index contributed by atoms with van der Waals surface area (Å²) in [6.45, 7) is 0. The number of likely N-dealkylation sites (N-methyl/N-ethyl adjacent to an activating group) is 1. The standard InChI is InChI=1S/C13H15NO/c1-14-10-6-3-2-5-9(10)13-11(14)7-4-8-12(13)15/h2-3,5-6,11,13H,4,7-8H2,1H3/t11-,13+/m0/s1. The van der Waals surface area contributed by atoms with Gasteiger partial charge in [-0.05, 0) is 24.5 Å². The Morgan fingerprint density at radius 2 is 2.13 bits per heavy atom. The molecular formula is C13H15NO. The number of nitrogens with zero attached hydrogens (tertiary/aromatic N) is 1. The lowest BCUT2D eigenvalue weighted by atomic mass is 9.81. The van der Waals surface area contributed by atoms with Gasteiger partial charge in [0.2, 0.25) is 0 Å². The number of hydrogen-bond donors (Lipinski definition) is 0. The minimum absolute atomic E-state index is 0.153. The van der Waals surface area contributed by atoms with Gasteiger partial charge in [0.15, 0.2) is 0 Å². The van der Waals surface area contributed by atoms with Gasteiger partial charge < -0.3 is 4.90 Å². The number of rotatable bonds is 0.